The lowest BCUT2D eigenvalue weighted by molar-refractivity contribution is -0.137. The minimum atomic E-state index is -0.777. The Hall–Kier alpha value is -1.59. The Morgan fingerprint density at radius 1 is 1.17 bits per heavy atom. The molecule has 23 heavy (non-hydrogen) atoms. The summed E-state index contributed by atoms with van der Waals surface area (Å²) >= 11 is 0. The third-order valence-electron chi connectivity index (χ3n) is 5.77. The monoisotopic (exact) mass is 321 g/mol. The van der Waals surface area contributed by atoms with E-state index in [-0.39, 0.29) is 30.3 Å². The molecule has 0 aromatic carbocycles. The molecular formula is C17H27N3O3. The largest absolute Gasteiger partial charge is 0.352 e. The van der Waals surface area contributed by atoms with E-state index in [1.54, 1.807) is 0 Å². The van der Waals surface area contributed by atoms with Gasteiger partial charge < -0.3 is 10.6 Å². The van der Waals surface area contributed by atoms with Gasteiger partial charge in [-0.3, -0.25) is 14.5 Å². The maximum absolute atomic E-state index is 12.8. The zero-order chi connectivity index (χ0) is 16.4. The number of urea groups is 1. The van der Waals surface area contributed by atoms with E-state index in [0.717, 1.165) is 49.8 Å². The second-order valence-corrected chi connectivity index (χ2v) is 7.34. The molecule has 3 rings (SSSR count). The molecule has 2 N–H and O–H groups in total. The summed E-state index contributed by atoms with van der Waals surface area (Å²) in [5.41, 5.74) is -0.777. The molecule has 2 atom stereocenters. The average molecular weight is 321 g/mol. The summed E-state index contributed by atoms with van der Waals surface area (Å²) in [6.07, 6.45) is 9.13. The van der Waals surface area contributed by atoms with Crippen molar-refractivity contribution in [2.45, 2.75) is 76.3 Å². The van der Waals surface area contributed by atoms with E-state index in [4.69, 9.17) is 0 Å². The smallest absolute Gasteiger partial charge is 0.325 e. The Balaban J connectivity index is 1.62. The lowest BCUT2D eigenvalue weighted by Gasteiger charge is -2.36. The quantitative estimate of drug-likeness (QED) is 0.780. The van der Waals surface area contributed by atoms with E-state index >= 15 is 0 Å². The summed E-state index contributed by atoms with van der Waals surface area (Å²) < 4.78 is 0. The van der Waals surface area contributed by atoms with Gasteiger partial charge in [0.15, 0.2) is 0 Å². The fraction of sp³-hybridized carbons (Fsp3) is 0.824. The zero-order valence-electron chi connectivity index (χ0n) is 13.9. The van der Waals surface area contributed by atoms with Crippen molar-refractivity contribution in [3.05, 3.63) is 0 Å². The molecule has 1 saturated heterocycles. The topological polar surface area (TPSA) is 78.5 Å². The van der Waals surface area contributed by atoms with E-state index in [1.165, 1.54) is 6.42 Å². The molecule has 0 aromatic rings. The normalized spacial score (nSPS) is 32.2. The number of hydrogen-bond donors (Lipinski definition) is 2. The Kier molecular flexibility index (Phi) is 4.60. The first-order chi connectivity index (χ1) is 11.0. The van der Waals surface area contributed by atoms with Crippen LogP contribution in [0.2, 0.25) is 0 Å². The van der Waals surface area contributed by atoms with Crippen molar-refractivity contribution in [2.75, 3.05) is 6.54 Å². The van der Waals surface area contributed by atoms with Gasteiger partial charge in [-0.25, -0.2) is 4.79 Å². The molecule has 0 bridgehead atoms. The van der Waals surface area contributed by atoms with Crippen LogP contribution in [0.1, 0.15) is 64.7 Å². The van der Waals surface area contributed by atoms with Crippen LogP contribution in [0.15, 0.2) is 0 Å². The molecule has 1 spiro atoms. The van der Waals surface area contributed by atoms with Gasteiger partial charge in [-0.15, -0.1) is 0 Å². The zero-order valence-corrected chi connectivity index (χ0v) is 13.9. The van der Waals surface area contributed by atoms with Crippen LogP contribution in [0.4, 0.5) is 4.79 Å². The summed E-state index contributed by atoms with van der Waals surface area (Å²) in [4.78, 5) is 38.4. The number of imide groups is 1. The highest BCUT2D eigenvalue weighted by atomic mass is 16.2. The Labute approximate surface area is 137 Å². The second kappa shape index (κ2) is 6.49. The fourth-order valence-corrected chi connectivity index (χ4v) is 4.30. The third kappa shape index (κ3) is 3.08. The van der Waals surface area contributed by atoms with Crippen molar-refractivity contribution in [1.82, 2.24) is 15.5 Å². The van der Waals surface area contributed by atoms with Crippen LogP contribution in [0.3, 0.4) is 0 Å². The molecule has 128 valence electrons. The number of nitrogens with one attached hydrogen (secondary N) is 2. The molecule has 6 heteroatoms. The number of carbonyl (C=O) groups is 3. The lowest BCUT2D eigenvalue weighted by Crippen LogP contribution is -2.54. The molecule has 0 aromatic heterocycles. The van der Waals surface area contributed by atoms with Crippen molar-refractivity contribution in [3.63, 3.8) is 0 Å². The molecule has 1 heterocycles. The van der Waals surface area contributed by atoms with E-state index in [0.29, 0.717) is 6.42 Å². The van der Waals surface area contributed by atoms with Gasteiger partial charge in [0.1, 0.15) is 12.1 Å². The van der Waals surface area contributed by atoms with Crippen LogP contribution < -0.4 is 10.6 Å². The fourth-order valence-electron chi connectivity index (χ4n) is 4.30. The summed E-state index contributed by atoms with van der Waals surface area (Å²) in [5, 5.41) is 5.86. The van der Waals surface area contributed by atoms with Gasteiger partial charge in [0.25, 0.3) is 5.91 Å². The summed E-state index contributed by atoms with van der Waals surface area (Å²) in [6.45, 7) is 1.86. The average Bonchev–Trinajstić information content (AvgIpc) is 2.76. The first-order valence-electron chi connectivity index (χ1n) is 8.96. The Morgan fingerprint density at radius 3 is 2.57 bits per heavy atom. The number of amides is 4. The summed E-state index contributed by atoms with van der Waals surface area (Å²) in [6, 6.07) is -0.220. The maximum Gasteiger partial charge on any atom is 0.325 e. The van der Waals surface area contributed by atoms with Gasteiger partial charge in [0, 0.05) is 6.04 Å². The predicted molar refractivity (Wildman–Crippen MR) is 85.6 cm³/mol. The summed E-state index contributed by atoms with van der Waals surface area (Å²) in [7, 11) is 0. The van der Waals surface area contributed by atoms with Crippen molar-refractivity contribution in [3.8, 4) is 0 Å². The van der Waals surface area contributed by atoms with Crippen molar-refractivity contribution >= 4 is 17.8 Å². The number of hydrogen-bond acceptors (Lipinski definition) is 3. The van der Waals surface area contributed by atoms with Crippen LogP contribution in [-0.2, 0) is 9.59 Å². The van der Waals surface area contributed by atoms with Crippen molar-refractivity contribution < 1.29 is 14.4 Å². The molecule has 3 fully saturated rings. The molecule has 1 aliphatic heterocycles. The maximum atomic E-state index is 12.8. The minimum Gasteiger partial charge on any atom is -0.352 e. The molecule has 0 radical (unpaired) electrons. The Bertz CT molecular complexity index is 501. The van der Waals surface area contributed by atoms with Gasteiger partial charge in [0.2, 0.25) is 5.91 Å². The highest BCUT2D eigenvalue weighted by Crippen LogP contribution is 2.38. The first kappa shape index (κ1) is 16.3. The van der Waals surface area contributed by atoms with Gasteiger partial charge in [0.05, 0.1) is 0 Å². The molecule has 0 unspecified atom stereocenters. The van der Waals surface area contributed by atoms with E-state index in [9.17, 15) is 14.4 Å². The van der Waals surface area contributed by atoms with Crippen molar-refractivity contribution in [2.24, 2.45) is 5.92 Å². The predicted octanol–water partition coefficient (Wildman–Crippen LogP) is 1.94. The minimum absolute atomic E-state index is 0.124. The molecule has 3 aliphatic rings. The highest BCUT2D eigenvalue weighted by molar-refractivity contribution is 6.09. The van der Waals surface area contributed by atoms with E-state index < -0.39 is 11.6 Å². The molecule has 2 aliphatic carbocycles. The molecule has 4 amide bonds. The van der Waals surface area contributed by atoms with Gasteiger partial charge in [-0.1, -0.05) is 39.0 Å². The van der Waals surface area contributed by atoms with Gasteiger partial charge >= 0.3 is 6.03 Å². The lowest BCUT2D eigenvalue weighted by atomic mass is 9.73. The van der Waals surface area contributed by atoms with Gasteiger partial charge in [-0.05, 0) is 31.6 Å². The second-order valence-electron chi connectivity index (χ2n) is 7.34. The van der Waals surface area contributed by atoms with Crippen LogP contribution in [0.25, 0.3) is 0 Å². The highest BCUT2D eigenvalue weighted by Gasteiger charge is 2.55. The SMILES string of the molecule is C[C@H]1CCCC[C@]12NC(=O)N(CC(=O)NC1CCCCC1)C2=O. The third-order valence-corrected chi connectivity index (χ3v) is 5.77. The van der Waals surface area contributed by atoms with Crippen LogP contribution >= 0.6 is 0 Å². The number of carbonyl (C=O) groups excluding carboxylic acids is 3. The number of rotatable bonds is 3. The number of nitrogens with zero attached hydrogens (tertiary/aromatic N) is 1. The van der Waals surface area contributed by atoms with E-state index in [2.05, 4.69) is 10.6 Å². The Morgan fingerprint density at radius 2 is 1.87 bits per heavy atom. The summed E-state index contributed by atoms with van der Waals surface area (Å²) in [5.74, 6) is -0.312. The molecular weight excluding hydrogens is 294 g/mol. The van der Waals surface area contributed by atoms with E-state index in [1.807, 2.05) is 6.92 Å². The van der Waals surface area contributed by atoms with Crippen LogP contribution in [0, 0.1) is 5.92 Å². The molecule has 6 nitrogen and oxygen atoms in total. The standard InChI is InChI=1S/C17H27N3O3/c1-12-7-5-6-10-17(12)15(22)20(16(23)19-17)11-14(21)18-13-8-3-2-4-9-13/h12-13H,2-11H2,1H3,(H,18,21)(H,19,23)/t12-,17-/m0/s1. The molecule has 2 saturated carbocycles. The van der Waals surface area contributed by atoms with Gasteiger partial charge in [-0.2, -0.15) is 0 Å². The van der Waals surface area contributed by atoms with Crippen molar-refractivity contribution in [1.29, 1.82) is 0 Å². The first-order valence-corrected chi connectivity index (χ1v) is 8.96. The van der Waals surface area contributed by atoms with Crippen LogP contribution in [-0.4, -0.2) is 40.9 Å². The van der Waals surface area contributed by atoms with Crippen LogP contribution in [0.5, 0.6) is 0 Å².